The molecule has 0 spiro atoms. The van der Waals surface area contributed by atoms with E-state index in [1.54, 1.807) is 0 Å². The van der Waals surface area contributed by atoms with Crippen molar-refractivity contribution in [2.75, 3.05) is 5.73 Å². The van der Waals surface area contributed by atoms with Crippen molar-refractivity contribution in [1.82, 2.24) is 9.97 Å². The van der Waals surface area contributed by atoms with Gasteiger partial charge >= 0.3 is 0 Å². The fraction of sp³-hybridized carbons (Fsp3) is 0.0625. The number of benzene rings is 4. The van der Waals surface area contributed by atoms with Crippen molar-refractivity contribution in [1.29, 1.82) is 0 Å². The van der Waals surface area contributed by atoms with Crippen LogP contribution in [-0.2, 0) is 48.6 Å². The van der Waals surface area contributed by atoms with Gasteiger partial charge in [-0.1, -0.05) is 60.5 Å². The van der Waals surface area contributed by atoms with Crippen molar-refractivity contribution >= 4 is 27.6 Å². The molecule has 0 unspecified atom stereocenters. The second kappa shape index (κ2) is 13.4. The number of aryl methyl sites for hydroxylation is 1. The Morgan fingerprint density at radius 1 is 0.595 bits per heavy atom. The zero-order chi connectivity index (χ0) is 24.0. The summed E-state index contributed by atoms with van der Waals surface area (Å²) < 4.78 is 0. The first-order chi connectivity index (χ1) is 17.2. The number of aromatic nitrogens is 2. The Balaban J connectivity index is 0.000000195. The van der Waals surface area contributed by atoms with Gasteiger partial charge in [0.1, 0.15) is 5.82 Å². The van der Waals surface area contributed by atoms with E-state index in [2.05, 4.69) is 60.4 Å². The third-order valence-electron chi connectivity index (χ3n) is 5.88. The van der Waals surface area contributed by atoms with E-state index in [1.807, 2.05) is 72.8 Å². The van der Waals surface area contributed by atoms with E-state index in [9.17, 15) is 0 Å². The van der Waals surface area contributed by atoms with Crippen molar-refractivity contribution < 1.29 is 42.1 Å². The third-order valence-corrected chi connectivity index (χ3v) is 5.88. The number of para-hydroxylation sites is 2. The second-order valence-corrected chi connectivity index (χ2v) is 8.20. The monoisotopic (exact) mass is 841 g/mol. The van der Waals surface area contributed by atoms with Gasteiger partial charge in [-0.05, 0) is 35.4 Å². The van der Waals surface area contributed by atoms with Crippen LogP contribution in [0.1, 0.15) is 12.6 Å². The molecule has 3 nitrogen and oxygen atoms in total. The van der Waals surface area contributed by atoms with Gasteiger partial charge in [-0.15, -0.1) is 71.8 Å². The fourth-order valence-electron chi connectivity index (χ4n) is 4.10. The quantitative estimate of drug-likeness (QED) is 0.188. The van der Waals surface area contributed by atoms with E-state index < -0.39 is 0 Å². The van der Waals surface area contributed by atoms with Crippen LogP contribution in [0.4, 0.5) is 5.82 Å². The van der Waals surface area contributed by atoms with E-state index >= 15 is 0 Å². The first-order valence-electron chi connectivity index (χ1n) is 11.7. The molecule has 0 aliphatic carbocycles. The maximum atomic E-state index is 5.75. The van der Waals surface area contributed by atoms with Crippen molar-refractivity contribution in [2.24, 2.45) is 0 Å². The molecule has 2 N–H and O–H groups in total. The summed E-state index contributed by atoms with van der Waals surface area (Å²) in [5, 5.41) is 2.27. The summed E-state index contributed by atoms with van der Waals surface area (Å²) >= 11 is 0. The Morgan fingerprint density at radius 2 is 1.14 bits per heavy atom. The van der Waals surface area contributed by atoms with Gasteiger partial charge in [-0.3, -0.25) is 4.98 Å². The molecule has 5 heteroatoms. The predicted molar refractivity (Wildman–Crippen MR) is 146 cm³/mol. The molecule has 4 aromatic carbocycles. The van der Waals surface area contributed by atoms with E-state index in [1.165, 1.54) is 5.39 Å². The SMILES string of the molecule is CCc1ccc2cccc(-c3[c-]cccc3)c2n1.Nc1ccc2cccc(-c3[c-]cccc3)c2n1.[Pt].[Pt]. The molecule has 190 valence electrons. The Bertz CT molecular complexity index is 1590. The summed E-state index contributed by atoms with van der Waals surface area (Å²) in [4.78, 5) is 9.16. The number of pyridine rings is 2. The first-order valence-corrected chi connectivity index (χ1v) is 11.7. The molecule has 0 bridgehead atoms. The first kappa shape index (κ1) is 28.4. The van der Waals surface area contributed by atoms with Gasteiger partial charge in [0, 0.05) is 58.9 Å². The molecule has 0 saturated heterocycles. The Hall–Kier alpha value is -3.12. The van der Waals surface area contributed by atoms with Crippen LogP contribution >= 0.6 is 0 Å². The Morgan fingerprint density at radius 3 is 1.65 bits per heavy atom. The predicted octanol–water partition coefficient (Wildman–Crippen LogP) is 7.54. The molecule has 2 heterocycles. The van der Waals surface area contributed by atoms with E-state index in [-0.39, 0.29) is 42.1 Å². The third kappa shape index (κ3) is 6.61. The summed E-state index contributed by atoms with van der Waals surface area (Å²) in [5.74, 6) is 0.542. The fourth-order valence-corrected chi connectivity index (χ4v) is 4.10. The average molecular weight is 842 g/mol. The minimum Gasteiger partial charge on any atom is -0.384 e. The van der Waals surface area contributed by atoms with Crippen LogP contribution in [0.2, 0.25) is 0 Å². The number of nitrogen functional groups attached to an aromatic ring is 1. The van der Waals surface area contributed by atoms with Crippen LogP contribution < -0.4 is 5.73 Å². The van der Waals surface area contributed by atoms with Crippen LogP contribution in [0.25, 0.3) is 44.1 Å². The van der Waals surface area contributed by atoms with Crippen LogP contribution in [0, 0.1) is 12.1 Å². The molecular formula is C32H25N3Pt2-2. The van der Waals surface area contributed by atoms with Gasteiger partial charge in [-0.25, -0.2) is 4.98 Å². The molecule has 37 heavy (non-hydrogen) atoms. The Labute approximate surface area is 246 Å². The molecule has 0 amide bonds. The van der Waals surface area contributed by atoms with Gasteiger partial charge in [-0.2, -0.15) is 0 Å². The number of anilines is 1. The number of nitrogens with two attached hydrogens (primary N) is 1. The van der Waals surface area contributed by atoms with Crippen molar-refractivity contribution in [3.05, 3.63) is 127 Å². The van der Waals surface area contributed by atoms with Crippen LogP contribution in [0.5, 0.6) is 0 Å². The molecule has 0 atom stereocenters. The minimum atomic E-state index is 0. The number of nitrogens with zero attached hydrogens (tertiary/aromatic N) is 2. The average Bonchev–Trinajstić information content (AvgIpc) is 2.93. The summed E-state index contributed by atoms with van der Waals surface area (Å²) in [6.45, 7) is 2.13. The van der Waals surface area contributed by atoms with Crippen molar-refractivity contribution in [2.45, 2.75) is 13.3 Å². The smallest absolute Gasteiger partial charge is 0.123 e. The number of hydrogen-bond acceptors (Lipinski definition) is 3. The zero-order valence-electron chi connectivity index (χ0n) is 20.2. The van der Waals surface area contributed by atoms with Crippen molar-refractivity contribution in [3.8, 4) is 22.3 Å². The largest absolute Gasteiger partial charge is 0.384 e. The zero-order valence-corrected chi connectivity index (χ0v) is 24.7. The summed E-state index contributed by atoms with van der Waals surface area (Å²) in [6.07, 6.45) is 0.961. The van der Waals surface area contributed by atoms with Gasteiger partial charge < -0.3 is 5.73 Å². The Kier molecular flexibility index (Phi) is 10.3. The summed E-state index contributed by atoms with van der Waals surface area (Å²) in [6, 6.07) is 42.9. The molecule has 0 fully saturated rings. The molecule has 0 saturated carbocycles. The van der Waals surface area contributed by atoms with E-state index in [0.717, 1.165) is 50.8 Å². The minimum absolute atomic E-state index is 0. The van der Waals surface area contributed by atoms with Crippen LogP contribution in [-0.4, -0.2) is 9.97 Å². The number of fused-ring (bicyclic) bond motifs is 2. The van der Waals surface area contributed by atoms with Crippen LogP contribution in [0.3, 0.4) is 0 Å². The van der Waals surface area contributed by atoms with Gasteiger partial charge in [0.05, 0.1) is 0 Å². The van der Waals surface area contributed by atoms with Crippen molar-refractivity contribution in [3.63, 3.8) is 0 Å². The molecule has 0 aliphatic heterocycles. The molecule has 6 aromatic rings. The van der Waals surface area contributed by atoms with Gasteiger partial charge in [0.25, 0.3) is 0 Å². The van der Waals surface area contributed by atoms with E-state index in [0.29, 0.717) is 5.82 Å². The molecule has 2 aromatic heterocycles. The molecule has 0 radical (unpaired) electrons. The molecule has 0 aliphatic rings. The second-order valence-electron chi connectivity index (χ2n) is 8.20. The topological polar surface area (TPSA) is 51.8 Å². The number of rotatable bonds is 3. The van der Waals surface area contributed by atoms with Gasteiger partial charge in [0.2, 0.25) is 0 Å². The summed E-state index contributed by atoms with van der Waals surface area (Å²) in [5.41, 5.74) is 13.2. The summed E-state index contributed by atoms with van der Waals surface area (Å²) in [7, 11) is 0. The maximum absolute atomic E-state index is 5.75. The van der Waals surface area contributed by atoms with E-state index in [4.69, 9.17) is 10.7 Å². The molecular weight excluding hydrogens is 817 g/mol. The normalized spacial score (nSPS) is 10.1. The van der Waals surface area contributed by atoms with Crippen LogP contribution in [0.15, 0.2) is 109 Å². The maximum Gasteiger partial charge on any atom is 0.123 e. The molecule has 6 rings (SSSR count). The van der Waals surface area contributed by atoms with Gasteiger partial charge in [0.15, 0.2) is 0 Å². The number of hydrogen-bond donors (Lipinski definition) is 1. The standard InChI is InChI=1S/C17H14N.C15H11N2.2Pt/c1-2-15-12-11-14-9-6-10-16(17(14)18-15)13-7-4-3-5-8-13;16-14-10-9-12-7-4-8-13(15(12)17-14)11-5-2-1-3-6-11;;/h3-7,9-12H,2H2,1H3;1-5,7-10H,(H2,16,17);;/q2*-1;;.